The standard InChI is InChI=1S/C39H47NO8/c1-41-33-17-29(18-34(21-33)42-2)26-47-37-23-40-24-38(48-27-30-19-35(43-3)22-36(20-30)44-4)39(37)31-11-13-32(14-12-31)46-16-8-15-45-25-28-9-6-5-7-10-28/h5-7,9-14,17-22,37-40H,8,15-16,23-27H2,1-4H3/t37-,38+,39-. The van der Waals surface area contributed by atoms with Crippen LogP contribution < -0.4 is 29.0 Å². The van der Waals surface area contributed by atoms with Crippen LogP contribution in [-0.4, -0.2) is 67.0 Å². The van der Waals surface area contributed by atoms with Crippen molar-refractivity contribution in [2.45, 2.75) is 44.4 Å². The van der Waals surface area contributed by atoms with Gasteiger partial charge in [-0.1, -0.05) is 42.5 Å². The number of benzene rings is 4. The van der Waals surface area contributed by atoms with E-state index in [1.54, 1.807) is 28.4 Å². The normalized spacial score (nSPS) is 17.5. The Bertz CT molecular complexity index is 1420. The van der Waals surface area contributed by atoms with Crippen molar-refractivity contribution in [3.63, 3.8) is 0 Å². The molecule has 48 heavy (non-hydrogen) atoms. The zero-order valence-corrected chi connectivity index (χ0v) is 28.3. The minimum atomic E-state index is -0.158. The predicted molar refractivity (Wildman–Crippen MR) is 185 cm³/mol. The Labute approximate surface area is 284 Å². The van der Waals surface area contributed by atoms with Crippen LogP contribution in [0.1, 0.15) is 34.6 Å². The van der Waals surface area contributed by atoms with E-state index in [-0.39, 0.29) is 18.1 Å². The van der Waals surface area contributed by atoms with Crippen LogP contribution in [0.4, 0.5) is 0 Å². The lowest BCUT2D eigenvalue weighted by atomic mass is 9.85. The summed E-state index contributed by atoms with van der Waals surface area (Å²) in [5.41, 5.74) is 4.22. The fraction of sp³-hybridized carbons (Fsp3) is 0.385. The van der Waals surface area contributed by atoms with Gasteiger partial charge in [-0.15, -0.1) is 0 Å². The van der Waals surface area contributed by atoms with Gasteiger partial charge in [0.05, 0.1) is 73.7 Å². The summed E-state index contributed by atoms with van der Waals surface area (Å²) in [5.74, 6) is 3.67. The summed E-state index contributed by atoms with van der Waals surface area (Å²) in [4.78, 5) is 0. The largest absolute Gasteiger partial charge is 0.497 e. The average molecular weight is 658 g/mol. The van der Waals surface area contributed by atoms with E-state index in [2.05, 4.69) is 29.6 Å². The number of hydrogen-bond donors (Lipinski definition) is 1. The highest BCUT2D eigenvalue weighted by atomic mass is 16.5. The van der Waals surface area contributed by atoms with Crippen molar-refractivity contribution in [3.05, 3.63) is 113 Å². The summed E-state index contributed by atoms with van der Waals surface area (Å²) in [6, 6.07) is 30.1. The van der Waals surface area contributed by atoms with Gasteiger partial charge in [-0.25, -0.2) is 0 Å². The minimum Gasteiger partial charge on any atom is -0.497 e. The Morgan fingerprint density at radius 2 is 1.06 bits per heavy atom. The van der Waals surface area contributed by atoms with Crippen molar-refractivity contribution in [1.29, 1.82) is 0 Å². The Balaban J connectivity index is 1.25. The SMILES string of the molecule is COc1cc(CO[C@H]2CNC[C@@H](OCc3cc(OC)cc(OC)c3)[C@H]2c2ccc(OCCCOCc3ccccc3)cc2)cc(OC)c1. The molecule has 256 valence electrons. The summed E-state index contributed by atoms with van der Waals surface area (Å²) in [7, 11) is 6.59. The monoisotopic (exact) mass is 657 g/mol. The molecule has 5 rings (SSSR count). The highest BCUT2D eigenvalue weighted by Gasteiger charge is 2.36. The van der Waals surface area contributed by atoms with Crippen LogP contribution in [0.25, 0.3) is 0 Å². The molecule has 0 unspecified atom stereocenters. The van der Waals surface area contributed by atoms with Crippen LogP contribution in [0, 0.1) is 0 Å². The van der Waals surface area contributed by atoms with Crippen LogP contribution in [0.5, 0.6) is 28.7 Å². The van der Waals surface area contributed by atoms with Gasteiger partial charge in [0.1, 0.15) is 28.7 Å². The summed E-state index contributed by atoms with van der Waals surface area (Å²) in [5, 5.41) is 3.53. The van der Waals surface area contributed by atoms with Crippen molar-refractivity contribution in [2.24, 2.45) is 0 Å². The number of methoxy groups -OCH3 is 4. The predicted octanol–water partition coefficient (Wildman–Crippen LogP) is 6.56. The van der Waals surface area contributed by atoms with Gasteiger partial charge >= 0.3 is 0 Å². The summed E-state index contributed by atoms with van der Waals surface area (Å²) >= 11 is 0. The van der Waals surface area contributed by atoms with Gasteiger partial charge in [0.25, 0.3) is 0 Å². The number of hydrogen-bond acceptors (Lipinski definition) is 9. The maximum Gasteiger partial charge on any atom is 0.122 e. The highest BCUT2D eigenvalue weighted by molar-refractivity contribution is 5.39. The Kier molecular flexibility index (Phi) is 13.4. The molecular formula is C39H47NO8. The molecule has 0 aliphatic carbocycles. The summed E-state index contributed by atoms with van der Waals surface area (Å²) in [6.45, 7) is 3.97. The number of rotatable bonds is 18. The molecule has 9 heteroatoms. The third kappa shape index (κ3) is 10.1. The second-order valence-electron chi connectivity index (χ2n) is 11.6. The molecule has 1 saturated heterocycles. The average Bonchev–Trinajstić information content (AvgIpc) is 3.14. The summed E-state index contributed by atoms with van der Waals surface area (Å²) < 4.78 is 47.0. The third-order valence-corrected chi connectivity index (χ3v) is 8.32. The molecule has 0 amide bonds. The Morgan fingerprint density at radius 3 is 1.56 bits per heavy atom. The zero-order chi connectivity index (χ0) is 33.6. The van der Waals surface area contributed by atoms with Crippen LogP contribution >= 0.6 is 0 Å². The van der Waals surface area contributed by atoms with E-state index < -0.39 is 0 Å². The molecule has 4 aromatic carbocycles. The van der Waals surface area contributed by atoms with Gasteiger partial charge in [0.15, 0.2) is 0 Å². The zero-order valence-electron chi connectivity index (χ0n) is 28.3. The molecule has 1 aliphatic rings. The quantitative estimate of drug-likeness (QED) is 0.120. The molecule has 0 radical (unpaired) electrons. The second kappa shape index (κ2) is 18.3. The topological polar surface area (TPSA) is 85.9 Å². The van der Waals surface area contributed by atoms with E-state index in [9.17, 15) is 0 Å². The molecule has 0 aromatic heterocycles. The van der Waals surface area contributed by atoms with Crippen molar-refractivity contribution < 1.29 is 37.9 Å². The first-order valence-corrected chi connectivity index (χ1v) is 16.3. The van der Waals surface area contributed by atoms with Crippen molar-refractivity contribution in [1.82, 2.24) is 5.32 Å². The lowest BCUT2D eigenvalue weighted by Gasteiger charge is -2.39. The molecule has 9 nitrogen and oxygen atoms in total. The molecule has 1 aliphatic heterocycles. The smallest absolute Gasteiger partial charge is 0.122 e. The first-order valence-electron chi connectivity index (χ1n) is 16.3. The van der Waals surface area contributed by atoms with E-state index >= 15 is 0 Å². The molecule has 1 fully saturated rings. The van der Waals surface area contributed by atoms with Crippen molar-refractivity contribution in [3.8, 4) is 28.7 Å². The fourth-order valence-electron chi connectivity index (χ4n) is 5.82. The van der Waals surface area contributed by atoms with Crippen molar-refractivity contribution in [2.75, 3.05) is 54.7 Å². The lowest BCUT2D eigenvalue weighted by molar-refractivity contribution is -0.0651. The number of nitrogens with one attached hydrogen (secondary N) is 1. The molecule has 0 spiro atoms. The fourth-order valence-corrected chi connectivity index (χ4v) is 5.82. The van der Waals surface area contributed by atoms with E-state index in [1.807, 2.05) is 66.7 Å². The molecular weight excluding hydrogens is 610 g/mol. The van der Waals surface area contributed by atoms with E-state index in [0.29, 0.717) is 46.1 Å². The molecule has 0 saturated carbocycles. The summed E-state index contributed by atoms with van der Waals surface area (Å²) in [6.07, 6.45) is 0.488. The third-order valence-electron chi connectivity index (χ3n) is 8.32. The molecule has 1 heterocycles. The van der Waals surface area contributed by atoms with Gasteiger partial charge in [-0.3, -0.25) is 0 Å². The maximum atomic E-state index is 6.62. The first kappa shape index (κ1) is 35.0. The second-order valence-corrected chi connectivity index (χ2v) is 11.6. The molecule has 3 atom stereocenters. The highest BCUT2D eigenvalue weighted by Crippen LogP contribution is 2.34. The van der Waals surface area contributed by atoms with Crippen LogP contribution in [-0.2, 0) is 34.0 Å². The molecule has 4 aromatic rings. The van der Waals surface area contributed by atoms with Gasteiger partial charge in [0, 0.05) is 37.6 Å². The van der Waals surface area contributed by atoms with Gasteiger partial charge in [-0.05, 0) is 58.7 Å². The van der Waals surface area contributed by atoms with Crippen LogP contribution in [0.15, 0.2) is 91.0 Å². The van der Waals surface area contributed by atoms with Gasteiger partial charge in [-0.2, -0.15) is 0 Å². The van der Waals surface area contributed by atoms with Crippen molar-refractivity contribution >= 4 is 0 Å². The minimum absolute atomic E-state index is 0.0355. The van der Waals surface area contributed by atoms with E-state index in [1.165, 1.54) is 5.56 Å². The van der Waals surface area contributed by atoms with Gasteiger partial charge in [0.2, 0.25) is 0 Å². The lowest BCUT2D eigenvalue weighted by Crippen LogP contribution is -2.50. The number of ether oxygens (including phenoxy) is 8. The van der Waals surface area contributed by atoms with Crippen LogP contribution in [0.3, 0.4) is 0 Å². The first-order chi connectivity index (χ1) is 23.6. The van der Waals surface area contributed by atoms with Gasteiger partial charge < -0.3 is 43.2 Å². The van der Waals surface area contributed by atoms with Crippen LogP contribution in [0.2, 0.25) is 0 Å². The van der Waals surface area contributed by atoms with E-state index in [0.717, 1.165) is 51.9 Å². The van der Waals surface area contributed by atoms with E-state index in [4.69, 9.17) is 37.9 Å². The Morgan fingerprint density at radius 1 is 0.542 bits per heavy atom. The maximum absolute atomic E-state index is 6.62. The molecule has 0 bridgehead atoms. The molecule has 1 N–H and O–H groups in total. The number of piperidine rings is 1. The Hall–Kier alpha value is -4.28.